The molecule has 1 aromatic heterocycles. The highest BCUT2D eigenvalue weighted by molar-refractivity contribution is 6.33. The van der Waals surface area contributed by atoms with Gasteiger partial charge in [-0.05, 0) is 12.2 Å². The van der Waals surface area contributed by atoms with Gasteiger partial charge in [0.1, 0.15) is 5.02 Å². The Morgan fingerprint density at radius 1 is 1.33 bits per heavy atom. The van der Waals surface area contributed by atoms with Crippen molar-refractivity contribution in [2.24, 2.45) is 7.05 Å². The fraction of sp³-hybridized carbons (Fsp3) is 0.167. The molecule has 0 bridgehead atoms. The molecule has 0 saturated heterocycles. The predicted octanol–water partition coefficient (Wildman–Crippen LogP) is 1.70. The Labute approximate surface area is 110 Å². The maximum atomic E-state index is 11.6. The van der Waals surface area contributed by atoms with Crippen LogP contribution in [0.3, 0.4) is 0 Å². The van der Waals surface area contributed by atoms with Gasteiger partial charge in [-0.3, -0.25) is 4.79 Å². The summed E-state index contributed by atoms with van der Waals surface area (Å²) in [6.07, 6.45) is 11.0. The first-order valence-corrected chi connectivity index (χ1v) is 5.73. The van der Waals surface area contributed by atoms with Crippen molar-refractivity contribution >= 4 is 17.3 Å². The number of allylic oxidation sites excluding steroid dienone is 3. The zero-order valence-corrected chi connectivity index (χ0v) is 10.8. The van der Waals surface area contributed by atoms with Crippen molar-refractivity contribution in [1.29, 1.82) is 0 Å². The molecule has 0 unspecified atom stereocenters. The molecule has 0 spiro atoms. The highest BCUT2D eigenvalue weighted by atomic mass is 35.5. The fourth-order valence-electron chi connectivity index (χ4n) is 1.48. The Morgan fingerprint density at radius 3 is 2.89 bits per heavy atom. The third-order valence-electron chi connectivity index (χ3n) is 2.41. The first kappa shape index (κ1) is 12.4. The number of hydrogen-bond acceptors (Lipinski definition) is 4. The van der Waals surface area contributed by atoms with Crippen molar-refractivity contribution in [2.75, 3.05) is 12.4 Å². The molecular formula is C12H13ClN4O. The van der Waals surface area contributed by atoms with E-state index in [0.29, 0.717) is 5.69 Å². The molecule has 0 atom stereocenters. The van der Waals surface area contributed by atoms with Gasteiger partial charge in [-0.1, -0.05) is 17.7 Å². The summed E-state index contributed by atoms with van der Waals surface area (Å²) < 4.78 is 1.19. The van der Waals surface area contributed by atoms with Gasteiger partial charge in [0.15, 0.2) is 0 Å². The summed E-state index contributed by atoms with van der Waals surface area (Å²) in [7, 11) is 3.47. The van der Waals surface area contributed by atoms with Crippen LogP contribution in [-0.4, -0.2) is 21.7 Å². The lowest BCUT2D eigenvalue weighted by Crippen LogP contribution is -2.21. The van der Waals surface area contributed by atoms with Crippen molar-refractivity contribution in [3.05, 3.63) is 57.9 Å². The summed E-state index contributed by atoms with van der Waals surface area (Å²) in [5, 5.41) is 7.12. The van der Waals surface area contributed by atoms with Crippen LogP contribution in [0.25, 0.3) is 0 Å². The summed E-state index contributed by atoms with van der Waals surface area (Å²) in [4.78, 5) is 13.5. The lowest BCUT2D eigenvalue weighted by atomic mass is 10.3. The van der Waals surface area contributed by atoms with Crippen molar-refractivity contribution < 1.29 is 0 Å². The number of aromatic nitrogens is 2. The van der Waals surface area contributed by atoms with Crippen LogP contribution in [-0.2, 0) is 7.05 Å². The molecule has 6 heteroatoms. The summed E-state index contributed by atoms with van der Waals surface area (Å²) in [6, 6.07) is 0. The van der Waals surface area contributed by atoms with Crippen LogP contribution in [0.4, 0.5) is 5.69 Å². The van der Waals surface area contributed by atoms with Crippen LogP contribution in [0, 0.1) is 0 Å². The second-order valence-corrected chi connectivity index (χ2v) is 4.25. The minimum Gasteiger partial charge on any atom is -0.355 e. The van der Waals surface area contributed by atoms with Crippen LogP contribution in [0.15, 0.2) is 47.3 Å². The highest BCUT2D eigenvalue weighted by Gasteiger charge is 2.08. The molecule has 1 aliphatic heterocycles. The Hall–Kier alpha value is -2.01. The van der Waals surface area contributed by atoms with Gasteiger partial charge in [0.25, 0.3) is 5.56 Å². The smallest absolute Gasteiger partial charge is 0.287 e. The van der Waals surface area contributed by atoms with E-state index >= 15 is 0 Å². The average Bonchev–Trinajstić information content (AvgIpc) is 2.54. The van der Waals surface area contributed by atoms with Crippen LogP contribution in [0.1, 0.15) is 0 Å². The van der Waals surface area contributed by atoms with Crippen LogP contribution in [0.2, 0.25) is 5.02 Å². The van der Waals surface area contributed by atoms with Gasteiger partial charge in [-0.25, -0.2) is 4.68 Å². The SMILES string of the molecule is CN1C=CC=CC(Nc2cnn(C)c(=O)c2Cl)=C1. The average molecular weight is 265 g/mol. The van der Waals surface area contributed by atoms with Gasteiger partial charge in [0.05, 0.1) is 17.6 Å². The number of halogens is 1. The minimum atomic E-state index is -0.327. The first-order valence-electron chi connectivity index (χ1n) is 5.35. The number of nitrogens with one attached hydrogen (secondary N) is 1. The van der Waals surface area contributed by atoms with Gasteiger partial charge in [-0.2, -0.15) is 5.10 Å². The number of aryl methyl sites for hydroxylation is 1. The van der Waals surface area contributed by atoms with E-state index in [1.807, 2.05) is 42.6 Å². The zero-order valence-electron chi connectivity index (χ0n) is 10.1. The lowest BCUT2D eigenvalue weighted by Gasteiger charge is -2.12. The molecule has 0 fully saturated rings. The predicted molar refractivity (Wildman–Crippen MR) is 72.2 cm³/mol. The third kappa shape index (κ3) is 2.62. The Kier molecular flexibility index (Phi) is 3.53. The van der Waals surface area contributed by atoms with Crippen molar-refractivity contribution in [3.63, 3.8) is 0 Å². The molecule has 1 aromatic rings. The number of anilines is 1. The maximum Gasteiger partial charge on any atom is 0.287 e. The monoisotopic (exact) mass is 264 g/mol. The van der Waals surface area contributed by atoms with Gasteiger partial charge < -0.3 is 10.2 Å². The molecule has 0 radical (unpaired) electrons. The summed E-state index contributed by atoms with van der Waals surface area (Å²) in [5.41, 5.74) is 0.983. The van der Waals surface area contributed by atoms with E-state index in [1.165, 1.54) is 10.9 Å². The molecule has 0 aromatic carbocycles. The van der Waals surface area contributed by atoms with E-state index in [-0.39, 0.29) is 10.6 Å². The van der Waals surface area contributed by atoms with Crippen LogP contribution < -0.4 is 10.9 Å². The van der Waals surface area contributed by atoms with Crippen molar-refractivity contribution in [1.82, 2.24) is 14.7 Å². The molecular weight excluding hydrogens is 252 g/mol. The number of nitrogens with zero attached hydrogens (tertiary/aromatic N) is 3. The molecule has 0 amide bonds. The van der Waals surface area contributed by atoms with Gasteiger partial charge in [-0.15, -0.1) is 0 Å². The van der Waals surface area contributed by atoms with E-state index in [0.717, 1.165) is 5.70 Å². The number of hydrogen-bond donors (Lipinski definition) is 1. The maximum absolute atomic E-state index is 11.6. The van der Waals surface area contributed by atoms with Gasteiger partial charge in [0.2, 0.25) is 0 Å². The van der Waals surface area contributed by atoms with E-state index in [4.69, 9.17) is 11.6 Å². The summed E-state index contributed by atoms with van der Waals surface area (Å²) in [5.74, 6) is 0. The molecule has 1 N–H and O–H groups in total. The molecule has 1 aliphatic rings. The second kappa shape index (κ2) is 5.10. The van der Waals surface area contributed by atoms with E-state index < -0.39 is 0 Å². The van der Waals surface area contributed by atoms with Crippen molar-refractivity contribution in [3.8, 4) is 0 Å². The first-order chi connectivity index (χ1) is 8.58. The Morgan fingerprint density at radius 2 is 2.11 bits per heavy atom. The summed E-state index contributed by atoms with van der Waals surface area (Å²) >= 11 is 5.98. The third-order valence-corrected chi connectivity index (χ3v) is 2.77. The van der Waals surface area contributed by atoms with Crippen LogP contribution >= 0.6 is 11.6 Å². The Bertz CT molecular complexity index is 601. The summed E-state index contributed by atoms with van der Waals surface area (Å²) in [6.45, 7) is 0. The molecule has 0 saturated carbocycles. The van der Waals surface area contributed by atoms with E-state index in [1.54, 1.807) is 7.05 Å². The highest BCUT2D eigenvalue weighted by Crippen LogP contribution is 2.18. The second-order valence-electron chi connectivity index (χ2n) is 3.88. The molecule has 0 aliphatic carbocycles. The normalized spacial score (nSPS) is 14.4. The molecule has 18 heavy (non-hydrogen) atoms. The quantitative estimate of drug-likeness (QED) is 0.883. The topological polar surface area (TPSA) is 50.2 Å². The fourth-order valence-corrected chi connectivity index (χ4v) is 1.70. The lowest BCUT2D eigenvalue weighted by molar-refractivity contribution is 0.623. The molecule has 94 valence electrons. The van der Waals surface area contributed by atoms with Crippen molar-refractivity contribution in [2.45, 2.75) is 0 Å². The van der Waals surface area contributed by atoms with Crippen LogP contribution in [0.5, 0.6) is 0 Å². The van der Waals surface area contributed by atoms with Gasteiger partial charge >= 0.3 is 0 Å². The van der Waals surface area contributed by atoms with Gasteiger partial charge in [0, 0.05) is 26.5 Å². The molecule has 2 heterocycles. The largest absolute Gasteiger partial charge is 0.355 e. The van der Waals surface area contributed by atoms with E-state index in [2.05, 4.69) is 10.4 Å². The zero-order chi connectivity index (χ0) is 13.1. The molecule has 2 rings (SSSR count). The molecule has 5 nitrogen and oxygen atoms in total. The minimum absolute atomic E-state index is 0.127. The number of rotatable bonds is 2. The standard InChI is InChI=1S/C12H13ClN4O/c1-16-6-4-3-5-9(8-16)15-10-7-14-17(2)12(18)11(10)13/h3-8,15H,1-2H3. The van der Waals surface area contributed by atoms with E-state index in [9.17, 15) is 4.79 Å². The Balaban J connectivity index is 2.30.